The van der Waals surface area contributed by atoms with E-state index in [9.17, 15) is 0 Å². The Bertz CT molecular complexity index is 341. The summed E-state index contributed by atoms with van der Waals surface area (Å²) >= 11 is 1.81. The molecule has 1 aromatic rings. The molecule has 0 bridgehead atoms. The Morgan fingerprint density at radius 1 is 1.47 bits per heavy atom. The van der Waals surface area contributed by atoms with Gasteiger partial charge in [-0.1, -0.05) is 20.4 Å². The average molecular weight is 224 g/mol. The fourth-order valence-corrected chi connectivity index (χ4v) is 2.50. The Morgan fingerprint density at radius 3 is 2.73 bits per heavy atom. The second-order valence-corrected chi connectivity index (χ2v) is 4.74. The van der Waals surface area contributed by atoms with E-state index in [0.29, 0.717) is 0 Å². The molecular weight excluding hydrogens is 204 g/mol. The average Bonchev–Trinajstić information content (AvgIpc) is 2.63. The summed E-state index contributed by atoms with van der Waals surface area (Å²) in [6.45, 7) is 12.1. The van der Waals surface area contributed by atoms with Crippen molar-refractivity contribution < 1.29 is 0 Å². The summed E-state index contributed by atoms with van der Waals surface area (Å²) in [5.41, 5.74) is 2.35. The maximum absolute atomic E-state index is 4.58. The maximum atomic E-state index is 4.58. The van der Waals surface area contributed by atoms with Crippen molar-refractivity contribution in [1.82, 2.24) is 9.88 Å². The fraction of sp³-hybridized carbons (Fsp3) is 0.583. The number of rotatable bonds is 1. The van der Waals surface area contributed by atoms with Crippen LogP contribution in [0.15, 0.2) is 6.58 Å². The Kier molecular flexibility index (Phi) is 4.48. The minimum absolute atomic E-state index is 0.999. The van der Waals surface area contributed by atoms with Gasteiger partial charge in [0.2, 0.25) is 0 Å². The van der Waals surface area contributed by atoms with Crippen LogP contribution in [0.2, 0.25) is 0 Å². The van der Waals surface area contributed by atoms with Crippen molar-refractivity contribution in [2.24, 2.45) is 0 Å². The summed E-state index contributed by atoms with van der Waals surface area (Å²) in [5.74, 6) is 0. The third kappa shape index (κ3) is 2.89. The molecule has 0 saturated carbocycles. The lowest BCUT2D eigenvalue weighted by molar-refractivity contribution is 0.311. The van der Waals surface area contributed by atoms with E-state index in [0.717, 1.165) is 30.1 Å². The van der Waals surface area contributed by atoms with Crippen LogP contribution in [0.4, 0.5) is 0 Å². The van der Waals surface area contributed by atoms with E-state index < -0.39 is 0 Å². The van der Waals surface area contributed by atoms with Crippen molar-refractivity contribution in [3.63, 3.8) is 0 Å². The first-order valence-corrected chi connectivity index (χ1v) is 6.31. The molecular formula is C12H20N2S. The number of likely N-dealkylation sites (N-methyl/N-ethyl adjacent to an activating group) is 1. The minimum atomic E-state index is 0.999. The van der Waals surface area contributed by atoms with E-state index in [1.807, 2.05) is 32.1 Å². The summed E-state index contributed by atoms with van der Waals surface area (Å²) < 4.78 is 0. The van der Waals surface area contributed by atoms with Crippen LogP contribution in [0, 0.1) is 0 Å². The number of hydrogen-bond acceptors (Lipinski definition) is 3. The number of fused-ring (bicyclic) bond motifs is 1. The van der Waals surface area contributed by atoms with Crippen molar-refractivity contribution in [2.45, 2.75) is 33.7 Å². The Labute approximate surface area is 96.6 Å². The molecule has 0 fully saturated rings. The van der Waals surface area contributed by atoms with Gasteiger partial charge in [0.25, 0.3) is 0 Å². The van der Waals surface area contributed by atoms with Crippen molar-refractivity contribution in [3.8, 4) is 0 Å². The van der Waals surface area contributed by atoms with Gasteiger partial charge in [0.05, 0.1) is 5.69 Å². The van der Waals surface area contributed by atoms with Crippen molar-refractivity contribution in [1.29, 1.82) is 0 Å². The van der Waals surface area contributed by atoms with Gasteiger partial charge in [-0.25, -0.2) is 4.98 Å². The number of thiazole rings is 1. The third-order valence-corrected chi connectivity index (χ3v) is 3.60. The second kappa shape index (κ2) is 5.42. The zero-order valence-corrected chi connectivity index (χ0v) is 10.9. The van der Waals surface area contributed by atoms with Gasteiger partial charge in [0, 0.05) is 18.0 Å². The summed E-state index contributed by atoms with van der Waals surface area (Å²) in [7, 11) is 2.14. The first-order chi connectivity index (χ1) is 7.16. The van der Waals surface area contributed by atoms with Gasteiger partial charge in [-0.3, -0.25) is 0 Å². The number of nitrogens with zero attached hydrogens (tertiary/aromatic N) is 2. The maximum Gasteiger partial charge on any atom is 0.119 e. The van der Waals surface area contributed by atoms with Gasteiger partial charge >= 0.3 is 0 Å². The van der Waals surface area contributed by atoms with Crippen LogP contribution in [0.1, 0.15) is 36.3 Å². The Balaban J connectivity index is 0.000000531. The molecule has 2 rings (SSSR count). The highest BCUT2D eigenvalue weighted by Crippen LogP contribution is 2.27. The van der Waals surface area contributed by atoms with Crippen LogP contribution in [0.5, 0.6) is 0 Å². The minimum Gasteiger partial charge on any atom is -0.300 e. The number of hydrogen-bond donors (Lipinski definition) is 0. The molecule has 0 unspecified atom stereocenters. The van der Waals surface area contributed by atoms with Gasteiger partial charge in [-0.15, -0.1) is 11.3 Å². The number of aromatic nitrogens is 1. The molecule has 15 heavy (non-hydrogen) atoms. The van der Waals surface area contributed by atoms with E-state index >= 15 is 0 Å². The predicted octanol–water partition coefficient (Wildman–Crippen LogP) is 3.19. The van der Waals surface area contributed by atoms with Crippen molar-refractivity contribution in [3.05, 3.63) is 22.2 Å². The van der Waals surface area contributed by atoms with Gasteiger partial charge in [-0.2, -0.15) is 0 Å². The predicted molar refractivity (Wildman–Crippen MR) is 68.2 cm³/mol. The van der Waals surface area contributed by atoms with Crippen molar-refractivity contribution >= 4 is 16.9 Å². The summed E-state index contributed by atoms with van der Waals surface area (Å²) in [6.07, 6.45) is 1.15. The zero-order chi connectivity index (χ0) is 11.4. The highest BCUT2D eigenvalue weighted by Gasteiger charge is 2.17. The highest BCUT2D eigenvalue weighted by molar-refractivity contribution is 7.12. The normalized spacial score (nSPS) is 15.2. The molecule has 0 N–H and O–H groups in total. The third-order valence-electron chi connectivity index (χ3n) is 2.28. The Hall–Kier alpha value is -0.670. The first kappa shape index (κ1) is 12.4. The molecule has 0 saturated heterocycles. The molecule has 0 radical (unpaired) electrons. The quantitative estimate of drug-likeness (QED) is 0.728. The van der Waals surface area contributed by atoms with Crippen LogP contribution < -0.4 is 0 Å². The van der Waals surface area contributed by atoms with E-state index in [4.69, 9.17) is 0 Å². The lowest BCUT2D eigenvalue weighted by Crippen LogP contribution is -2.25. The molecule has 0 spiro atoms. The Morgan fingerprint density at radius 2 is 2.13 bits per heavy atom. The van der Waals surface area contributed by atoms with Gasteiger partial charge in [0.1, 0.15) is 5.01 Å². The zero-order valence-electron chi connectivity index (χ0n) is 10.1. The summed E-state index contributed by atoms with van der Waals surface area (Å²) in [4.78, 5) is 8.34. The lowest BCUT2D eigenvalue weighted by atomic mass is 10.2. The molecule has 0 atom stereocenters. The molecule has 0 aliphatic carbocycles. The van der Waals surface area contributed by atoms with E-state index in [-0.39, 0.29) is 0 Å². The number of allylic oxidation sites excluding steroid dienone is 1. The molecule has 1 aliphatic rings. The molecule has 0 amide bonds. The van der Waals surface area contributed by atoms with Crippen molar-refractivity contribution in [2.75, 3.05) is 13.6 Å². The van der Waals surface area contributed by atoms with E-state index in [1.165, 1.54) is 10.6 Å². The molecule has 2 heterocycles. The first-order valence-electron chi connectivity index (χ1n) is 5.50. The van der Waals surface area contributed by atoms with E-state index in [1.54, 1.807) is 0 Å². The molecule has 1 aromatic heterocycles. The summed E-state index contributed by atoms with van der Waals surface area (Å²) in [5, 5.41) is 1.11. The summed E-state index contributed by atoms with van der Waals surface area (Å²) in [6, 6.07) is 0. The van der Waals surface area contributed by atoms with Gasteiger partial charge in [0.15, 0.2) is 0 Å². The smallest absolute Gasteiger partial charge is 0.119 e. The molecule has 84 valence electrons. The van der Waals surface area contributed by atoms with Crippen LogP contribution in [-0.2, 0) is 13.0 Å². The fourth-order valence-electron chi connectivity index (χ4n) is 1.51. The second-order valence-electron chi connectivity index (χ2n) is 3.66. The molecule has 0 aromatic carbocycles. The van der Waals surface area contributed by atoms with Crippen LogP contribution >= 0.6 is 11.3 Å². The van der Waals surface area contributed by atoms with E-state index in [2.05, 4.69) is 23.5 Å². The van der Waals surface area contributed by atoms with Crippen LogP contribution in [0.25, 0.3) is 5.57 Å². The standard InChI is InChI=1S/C10H14N2S.C2H6/c1-7(2)10-11-8-6-12(3)5-4-9(8)13-10;1-2/h1,4-6H2,2-3H3;1-2H3. The van der Waals surface area contributed by atoms with Gasteiger partial charge < -0.3 is 4.90 Å². The largest absolute Gasteiger partial charge is 0.300 e. The SMILES string of the molecule is C=C(C)c1nc2c(s1)CCN(C)C2.CC. The molecule has 2 nitrogen and oxygen atoms in total. The molecule has 3 heteroatoms. The molecule has 1 aliphatic heterocycles. The topological polar surface area (TPSA) is 16.1 Å². The monoisotopic (exact) mass is 224 g/mol. The van der Waals surface area contributed by atoms with Crippen LogP contribution in [-0.4, -0.2) is 23.5 Å². The lowest BCUT2D eigenvalue weighted by Gasteiger charge is -2.20. The van der Waals surface area contributed by atoms with Gasteiger partial charge in [-0.05, 0) is 26.0 Å². The highest BCUT2D eigenvalue weighted by atomic mass is 32.1. The van der Waals surface area contributed by atoms with Crippen LogP contribution in [0.3, 0.4) is 0 Å².